The number of hydrogen-bond acceptors (Lipinski definition) is 4. The van der Waals surface area contributed by atoms with Gasteiger partial charge in [-0.05, 0) is 61.2 Å². The molecule has 2 heterocycles. The Kier molecular flexibility index (Phi) is 4.97. The highest BCUT2D eigenvalue weighted by Crippen LogP contribution is 2.32. The van der Waals surface area contributed by atoms with E-state index >= 15 is 0 Å². The summed E-state index contributed by atoms with van der Waals surface area (Å²) in [6.07, 6.45) is 3.99. The number of aliphatic hydroxyl groups is 1. The second-order valence-electron chi connectivity index (χ2n) is 6.66. The topological polar surface area (TPSA) is 58.1 Å². The van der Waals surface area contributed by atoms with Gasteiger partial charge in [-0.2, -0.15) is 0 Å². The largest absolute Gasteiger partial charge is 0.431 e. The number of benzene rings is 2. The molecule has 0 aliphatic rings. The van der Waals surface area contributed by atoms with Crippen molar-refractivity contribution in [2.75, 3.05) is 0 Å². The van der Waals surface area contributed by atoms with Gasteiger partial charge in [-0.25, -0.2) is 4.98 Å². The van der Waals surface area contributed by atoms with Crippen molar-refractivity contribution in [3.8, 4) is 10.9 Å². The van der Waals surface area contributed by atoms with E-state index in [2.05, 4.69) is 9.97 Å². The Morgan fingerprint density at radius 1 is 1.07 bits per heavy atom. The normalized spacial score (nSPS) is 13.6. The fourth-order valence-electron chi connectivity index (χ4n) is 3.19. The van der Waals surface area contributed by atoms with E-state index in [1.54, 1.807) is 11.3 Å². The summed E-state index contributed by atoms with van der Waals surface area (Å²) in [6, 6.07) is 19.9. The van der Waals surface area contributed by atoms with Gasteiger partial charge >= 0.3 is 0 Å². The van der Waals surface area contributed by atoms with Gasteiger partial charge in [-0.3, -0.25) is 0 Å². The highest BCUT2D eigenvalue weighted by atomic mass is 32.1. The van der Waals surface area contributed by atoms with E-state index in [4.69, 9.17) is 4.74 Å². The maximum absolute atomic E-state index is 10.9. The molecule has 27 heavy (non-hydrogen) atoms. The quantitative estimate of drug-likeness (QED) is 0.437. The first-order valence-corrected chi connectivity index (χ1v) is 9.96. The van der Waals surface area contributed by atoms with Crippen molar-refractivity contribution in [1.29, 1.82) is 0 Å². The molecule has 1 atom stereocenters. The van der Waals surface area contributed by atoms with Crippen LogP contribution in [0, 0.1) is 0 Å². The Balaban J connectivity index is 1.41. The Morgan fingerprint density at radius 2 is 1.89 bits per heavy atom. The van der Waals surface area contributed by atoms with Crippen molar-refractivity contribution in [3.05, 3.63) is 78.1 Å². The summed E-state index contributed by atoms with van der Waals surface area (Å²) in [6.45, 7) is 2.01. The zero-order valence-corrected chi connectivity index (χ0v) is 16.0. The number of fused-ring (bicyclic) bond motifs is 1. The van der Waals surface area contributed by atoms with Crippen LogP contribution in [-0.2, 0) is 12.0 Å². The first kappa shape index (κ1) is 17.8. The van der Waals surface area contributed by atoms with E-state index in [0.717, 1.165) is 28.1 Å². The molecule has 0 saturated carbocycles. The van der Waals surface area contributed by atoms with Crippen LogP contribution < -0.4 is 4.74 Å². The van der Waals surface area contributed by atoms with Gasteiger partial charge in [0.05, 0.1) is 10.2 Å². The van der Waals surface area contributed by atoms with Gasteiger partial charge in [0.2, 0.25) is 0 Å². The molecule has 5 heteroatoms. The highest BCUT2D eigenvalue weighted by Gasteiger charge is 2.27. The summed E-state index contributed by atoms with van der Waals surface area (Å²) < 4.78 is 7.01. The molecule has 4 rings (SSSR count). The Hall–Kier alpha value is -2.63. The molecule has 2 N–H and O–H groups in total. The van der Waals surface area contributed by atoms with Crippen molar-refractivity contribution in [2.45, 2.75) is 31.8 Å². The maximum Gasteiger partial charge on any atom is 0.279 e. The van der Waals surface area contributed by atoms with Crippen molar-refractivity contribution >= 4 is 21.6 Å². The first-order valence-electron chi connectivity index (χ1n) is 9.15. The van der Waals surface area contributed by atoms with Crippen molar-refractivity contribution in [1.82, 2.24) is 9.97 Å². The van der Waals surface area contributed by atoms with Crippen LogP contribution in [0.3, 0.4) is 0 Å². The smallest absolute Gasteiger partial charge is 0.279 e. The highest BCUT2D eigenvalue weighted by molar-refractivity contribution is 7.20. The fraction of sp³-hybridized carbons (Fsp3) is 0.227. The molecule has 0 aliphatic carbocycles. The van der Waals surface area contributed by atoms with Gasteiger partial charge in [0.1, 0.15) is 11.4 Å². The number of thiazole rings is 1. The number of aryl methyl sites for hydroxylation is 1. The molecule has 0 bridgehead atoms. The molecule has 4 nitrogen and oxygen atoms in total. The van der Waals surface area contributed by atoms with E-state index in [1.807, 2.05) is 73.8 Å². The van der Waals surface area contributed by atoms with Crippen molar-refractivity contribution in [3.63, 3.8) is 0 Å². The number of nitrogens with one attached hydrogen (secondary N) is 1. The average Bonchev–Trinajstić information content (AvgIpc) is 3.37. The number of para-hydroxylation sites is 1. The molecule has 0 aliphatic heterocycles. The minimum absolute atomic E-state index is 0.649. The number of ether oxygens (including phenoxy) is 1. The third-order valence-corrected chi connectivity index (χ3v) is 5.83. The van der Waals surface area contributed by atoms with Crippen molar-refractivity contribution in [2.24, 2.45) is 0 Å². The van der Waals surface area contributed by atoms with Crippen LogP contribution in [0.1, 0.15) is 31.0 Å². The number of aromatic amines is 1. The summed E-state index contributed by atoms with van der Waals surface area (Å²) in [5.74, 6) is 0.771. The molecule has 0 amide bonds. The van der Waals surface area contributed by atoms with Crippen LogP contribution in [0.2, 0.25) is 0 Å². The Bertz CT molecular complexity index is 975. The van der Waals surface area contributed by atoms with Crippen LogP contribution in [0.4, 0.5) is 0 Å². The summed E-state index contributed by atoms with van der Waals surface area (Å²) in [7, 11) is 0. The third-order valence-electron chi connectivity index (χ3n) is 4.91. The molecular weight excluding hydrogens is 356 g/mol. The third kappa shape index (κ3) is 3.89. The summed E-state index contributed by atoms with van der Waals surface area (Å²) >= 11 is 1.54. The molecule has 2 aromatic carbocycles. The van der Waals surface area contributed by atoms with Crippen LogP contribution in [0.15, 0.2) is 66.9 Å². The molecule has 0 radical (unpaired) electrons. The standard InChI is InChI=1S/C22H22N2O2S/c1-2-22(25,20-8-5-15-23-20)14-13-16-9-11-17(12-10-16)26-21-24-18-6-3-4-7-19(18)27-21/h3-12,15,23,25H,2,13-14H2,1H3. The minimum atomic E-state index is -0.820. The van der Waals surface area contributed by atoms with Crippen molar-refractivity contribution < 1.29 is 9.84 Å². The lowest BCUT2D eigenvalue weighted by molar-refractivity contribution is 0.0198. The van der Waals surface area contributed by atoms with Gasteiger partial charge in [0.15, 0.2) is 0 Å². The van der Waals surface area contributed by atoms with Gasteiger partial charge in [0, 0.05) is 11.9 Å². The summed E-state index contributed by atoms with van der Waals surface area (Å²) in [4.78, 5) is 7.63. The lowest BCUT2D eigenvalue weighted by Crippen LogP contribution is -2.25. The second kappa shape index (κ2) is 7.55. The first-order chi connectivity index (χ1) is 13.2. The van der Waals surface area contributed by atoms with Gasteiger partial charge in [0.25, 0.3) is 5.19 Å². The van der Waals surface area contributed by atoms with E-state index in [9.17, 15) is 5.11 Å². The van der Waals surface area contributed by atoms with E-state index < -0.39 is 5.60 Å². The monoisotopic (exact) mass is 378 g/mol. The molecule has 1 unspecified atom stereocenters. The molecule has 138 valence electrons. The molecule has 4 aromatic rings. The number of hydrogen-bond donors (Lipinski definition) is 2. The predicted molar refractivity (Wildman–Crippen MR) is 109 cm³/mol. The predicted octanol–water partition coefficient (Wildman–Crippen LogP) is 5.65. The van der Waals surface area contributed by atoms with Crippen LogP contribution in [0.25, 0.3) is 10.2 Å². The van der Waals surface area contributed by atoms with Gasteiger partial charge < -0.3 is 14.8 Å². The van der Waals surface area contributed by atoms with Gasteiger partial charge in [-0.15, -0.1) is 0 Å². The SMILES string of the molecule is CCC(O)(CCc1ccc(Oc2nc3ccccc3s2)cc1)c1ccc[nH]1. The second-order valence-corrected chi connectivity index (χ2v) is 7.66. The summed E-state index contributed by atoms with van der Waals surface area (Å²) in [5.41, 5.74) is 2.18. The number of nitrogens with zero attached hydrogens (tertiary/aromatic N) is 1. The molecular formula is C22H22N2O2S. The molecule has 2 aromatic heterocycles. The lowest BCUT2D eigenvalue weighted by Gasteiger charge is -2.26. The number of rotatable bonds is 7. The van der Waals surface area contributed by atoms with E-state index in [-0.39, 0.29) is 0 Å². The maximum atomic E-state index is 10.9. The Labute approximate surface area is 162 Å². The molecule has 0 spiro atoms. The summed E-state index contributed by atoms with van der Waals surface area (Å²) in [5, 5.41) is 11.5. The van der Waals surface area contributed by atoms with E-state index in [1.165, 1.54) is 5.56 Å². The zero-order valence-electron chi connectivity index (χ0n) is 15.2. The lowest BCUT2D eigenvalue weighted by atomic mass is 9.89. The van der Waals surface area contributed by atoms with Crippen LogP contribution in [0.5, 0.6) is 10.9 Å². The number of H-pyrrole nitrogens is 1. The fourth-order valence-corrected chi connectivity index (χ4v) is 4.03. The van der Waals surface area contributed by atoms with Crippen LogP contribution in [-0.4, -0.2) is 15.1 Å². The van der Waals surface area contributed by atoms with Crippen LogP contribution >= 0.6 is 11.3 Å². The molecule has 0 saturated heterocycles. The Morgan fingerprint density at radius 3 is 2.59 bits per heavy atom. The van der Waals surface area contributed by atoms with E-state index in [0.29, 0.717) is 18.0 Å². The minimum Gasteiger partial charge on any atom is -0.431 e. The zero-order chi connectivity index (χ0) is 18.7. The average molecular weight is 378 g/mol. The molecule has 0 fully saturated rings. The number of aromatic nitrogens is 2. The van der Waals surface area contributed by atoms with Gasteiger partial charge in [-0.1, -0.05) is 42.5 Å².